The van der Waals surface area contributed by atoms with Crippen molar-refractivity contribution in [3.63, 3.8) is 0 Å². The standard InChI is InChI=1S/C17H18F2N2O4/c1-5-21-8-10(17(24)25-6-2)16(23)13-12(21)7-11(18)14(19)15(13)20(4)9(3)22/h7-8H,5-6H2,1-4H3. The first kappa shape index (κ1) is 18.6. The number of carbonyl (C=O) groups is 2. The zero-order valence-electron chi connectivity index (χ0n) is 14.4. The third-order valence-corrected chi connectivity index (χ3v) is 3.88. The lowest BCUT2D eigenvalue weighted by Crippen LogP contribution is -2.28. The molecule has 0 saturated heterocycles. The molecule has 8 heteroatoms. The highest BCUT2D eigenvalue weighted by molar-refractivity contribution is 6.04. The molecule has 0 spiro atoms. The Balaban J connectivity index is 3.02. The Morgan fingerprint density at radius 3 is 2.44 bits per heavy atom. The number of nitrogens with zero attached hydrogens (tertiary/aromatic N) is 2. The number of hydrogen-bond acceptors (Lipinski definition) is 4. The number of rotatable bonds is 4. The van der Waals surface area contributed by atoms with Crippen LogP contribution in [0.4, 0.5) is 14.5 Å². The smallest absolute Gasteiger partial charge is 0.343 e. The topological polar surface area (TPSA) is 68.6 Å². The van der Waals surface area contributed by atoms with Gasteiger partial charge < -0.3 is 14.2 Å². The van der Waals surface area contributed by atoms with Crippen molar-refractivity contribution in [2.24, 2.45) is 0 Å². The van der Waals surface area contributed by atoms with Gasteiger partial charge in [0, 0.05) is 32.8 Å². The van der Waals surface area contributed by atoms with Crippen LogP contribution in [0, 0.1) is 11.6 Å². The predicted octanol–water partition coefficient (Wildman–Crippen LogP) is 2.46. The van der Waals surface area contributed by atoms with Crippen molar-refractivity contribution >= 4 is 28.5 Å². The summed E-state index contributed by atoms with van der Waals surface area (Å²) < 4.78 is 34.7. The number of fused-ring (bicyclic) bond motifs is 1. The summed E-state index contributed by atoms with van der Waals surface area (Å²) in [5, 5.41) is -0.246. The third-order valence-electron chi connectivity index (χ3n) is 3.88. The van der Waals surface area contributed by atoms with Crippen LogP contribution in [-0.2, 0) is 16.1 Å². The van der Waals surface area contributed by atoms with E-state index in [-0.39, 0.29) is 29.6 Å². The third kappa shape index (κ3) is 3.11. The lowest BCUT2D eigenvalue weighted by Gasteiger charge is -2.20. The molecular weight excluding hydrogens is 334 g/mol. The Bertz CT molecular complexity index is 921. The number of aryl methyl sites for hydroxylation is 1. The first-order valence-corrected chi connectivity index (χ1v) is 7.71. The van der Waals surface area contributed by atoms with E-state index in [1.54, 1.807) is 13.8 Å². The van der Waals surface area contributed by atoms with Gasteiger partial charge in [0.2, 0.25) is 11.3 Å². The summed E-state index contributed by atoms with van der Waals surface area (Å²) in [5.41, 5.74) is -1.54. The second-order valence-electron chi connectivity index (χ2n) is 5.37. The maximum atomic E-state index is 14.4. The van der Waals surface area contributed by atoms with Crippen molar-refractivity contribution in [1.29, 1.82) is 0 Å². The zero-order chi connectivity index (χ0) is 18.9. The van der Waals surface area contributed by atoms with Crippen LogP contribution in [0.2, 0.25) is 0 Å². The number of pyridine rings is 1. The number of esters is 1. The number of amides is 1. The molecule has 0 aliphatic heterocycles. The first-order chi connectivity index (χ1) is 11.7. The van der Waals surface area contributed by atoms with E-state index < -0.39 is 34.6 Å². The molecule has 6 nitrogen and oxygen atoms in total. The molecular formula is C17H18F2N2O4. The van der Waals surface area contributed by atoms with E-state index in [4.69, 9.17) is 4.74 Å². The normalized spacial score (nSPS) is 10.8. The Hall–Kier alpha value is -2.77. The molecule has 1 heterocycles. The van der Waals surface area contributed by atoms with Crippen LogP contribution in [-0.4, -0.2) is 30.1 Å². The van der Waals surface area contributed by atoms with E-state index in [1.165, 1.54) is 17.8 Å². The largest absolute Gasteiger partial charge is 0.462 e. The predicted molar refractivity (Wildman–Crippen MR) is 88.8 cm³/mol. The van der Waals surface area contributed by atoms with Crippen LogP contribution < -0.4 is 10.3 Å². The van der Waals surface area contributed by atoms with Gasteiger partial charge in [0.15, 0.2) is 11.6 Å². The zero-order valence-corrected chi connectivity index (χ0v) is 14.4. The minimum absolute atomic E-state index is 0.0560. The van der Waals surface area contributed by atoms with Gasteiger partial charge in [-0.15, -0.1) is 0 Å². The fourth-order valence-electron chi connectivity index (χ4n) is 2.56. The van der Waals surface area contributed by atoms with Gasteiger partial charge in [-0.2, -0.15) is 0 Å². The minimum Gasteiger partial charge on any atom is -0.462 e. The van der Waals surface area contributed by atoms with Crippen LogP contribution in [0.15, 0.2) is 17.1 Å². The molecule has 0 atom stereocenters. The molecule has 0 unspecified atom stereocenters. The second-order valence-corrected chi connectivity index (χ2v) is 5.37. The molecule has 0 N–H and O–H groups in total. The highest BCUT2D eigenvalue weighted by Gasteiger charge is 2.25. The second kappa shape index (κ2) is 7.00. The molecule has 25 heavy (non-hydrogen) atoms. The maximum absolute atomic E-state index is 14.4. The molecule has 0 saturated carbocycles. The Morgan fingerprint density at radius 1 is 1.28 bits per heavy atom. The molecule has 0 bridgehead atoms. The van der Waals surface area contributed by atoms with Crippen LogP contribution in [0.1, 0.15) is 31.1 Å². The quantitative estimate of drug-likeness (QED) is 0.793. The Morgan fingerprint density at radius 2 is 1.92 bits per heavy atom. The van der Waals surface area contributed by atoms with Gasteiger partial charge in [-0.25, -0.2) is 13.6 Å². The summed E-state index contributed by atoms with van der Waals surface area (Å²) in [6.07, 6.45) is 1.25. The van der Waals surface area contributed by atoms with E-state index in [9.17, 15) is 23.2 Å². The van der Waals surface area contributed by atoms with Crippen molar-refractivity contribution in [3.8, 4) is 0 Å². The summed E-state index contributed by atoms with van der Waals surface area (Å²) in [6, 6.07) is 0.877. The van der Waals surface area contributed by atoms with E-state index >= 15 is 0 Å². The van der Waals surface area contributed by atoms with E-state index in [0.29, 0.717) is 0 Å². The summed E-state index contributed by atoms with van der Waals surface area (Å²) in [7, 11) is 1.23. The average Bonchev–Trinajstić information content (AvgIpc) is 2.56. The number of ether oxygens (including phenoxy) is 1. The number of halogens is 2. The molecule has 2 aromatic rings. The lowest BCUT2D eigenvalue weighted by atomic mass is 10.1. The van der Waals surface area contributed by atoms with Crippen molar-refractivity contribution in [2.75, 3.05) is 18.6 Å². The number of aromatic nitrogens is 1. The van der Waals surface area contributed by atoms with Gasteiger partial charge in [0.1, 0.15) is 5.56 Å². The van der Waals surface area contributed by atoms with Crippen molar-refractivity contribution in [2.45, 2.75) is 27.3 Å². The Kier molecular flexibility index (Phi) is 5.20. The van der Waals surface area contributed by atoms with E-state index in [0.717, 1.165) is 17.9 Å². The molecule has 0 aliphatic carbocycles. The first-order valence-electron chi connectivity index (χ1n) is 7.71. The molecule has 1 aromatic carbocycles. The maximum Gasteiger partial charge on any atom is 0.343 e. The number of hydrogen-bond donors (Lipinski definition) is 0. The van der Waals surface area contributed by atoms with Gasteiger partial charge in [-0.3, -0.25) is 9.59 Å². The summed E-state index contributed by atoms with van der Waals surface area (Å²) >= 11 is 0. The van der Waals surface area contributed by atoms with Crippen molar-refractivity contribution in [3.05, 3.63) is 39.7 Å². The molecule has 2 rings (SSSR count). The highest BCUT2D eigenvalue weighted by Crippen LogP contribution is 2.30. The molecule has 1 aromatic heterocycles. The van der Waals surface area contributed by atoms with Gasteiger partial charge >= 0.3 is 5.97 Å². The number of carbonyl (C=O) groups excluding carboxylic acids is 2. The fraction of sp³-hybridized carbons (Fsp3) is 0.353. The van der Waals surface area contributed by atoms with Crippen molar-refractivity contribution in [1.82, 2.24) is 4.57 Å². The van der Waals surface area contributed by atoms with Gasteiger partial charge in [-0.05, 0) is 13.8 Å². The number of anilines is 1. The van der Waals surface area contributed by atoms with Crippen LogP contribution >= 0.6 is 0 Å². The summed E-state index contributed by atoms with van der Waals surface area (Å²) in [6.45, 7) is 4.80. The summed E-state index contributed by atoms with van der Waals surface area (Å²) in [4.78, 5) is 37.4. The fourth-order valence-corrected chi connectivity index (χ4v) is 2.56. The van der Waals surface area contributed by atoms with E-state index in [1.807, 2.05) is 0 Å². The van der Waals surface area contributed by atoms with Crippen LogP contribution in [0.25, 0.3) is 10.9 Å². The van der Waals surface area contributed by atoms with Crippen molar-refractivity contribution < 1.29 is 23.1 Å². The van der Waals surface area contributed by atoms with Gasteiger partial charge in [0.05, 0.1) is 23.2 Å². The number of benzene rings is 1. The molecule has 0 aliphatic rings. The molecule has 0 fully saturated rings. The van der Waals surface area contributed by atoms with Crippen LogP contribution in [0.3, 0.4) is 0 Å². The lowest BCUT2D eigenvalue weighted by molar-refractivity contribution is -0.116. The molecule has 134 valence electrons. The minimum atomic E-state index is -1.33. The van der Waals surface area contributed by atoms with Gasteiger partial charge in [-0.1, -0.05) is 0 Å². The highest BCUT2D eigenvalue weighted by atomic mass is 19.2. The SMILES string of the molecule is CCOC(=O)c1cn(CC)c2cc(F)c(F)c(N(C)C(C)=O)c2c1=O. The van der Waals surface area contributed by atoms with E-state index in [2.05, 4.69) is 0 Å². The molecule has 0 radical (unpaired) electrons. The van der Waals surface area contributed by atoms with Crippen LogP contribution in [0.5, 0.6) is 0 Å². The van der Waals surface area contributed by atoms with Gasteiger partial charge in [0.25, 0.3) is 0 Å². The monoisotopic (exact) mass is 352 g/mol. The molecule has 1 amide bonds. The average molecular weight is 352 g/mol. The Labute approximate surface area is 142 Å². The summed E-state index contributed by atoms with van der Waals surface area (Å²) in [5.74, 6) is -3.97.